The van der Waals surface area contributed by atoms with E-state index in [9.17, 15) is 4.79 Å². The van der Waals surface area contributed by atoms with E-state index in [4.69, 9.17) is 10.5 Å². The fourth-order valence-corrected chi connectivity index (χ4v) is 2.28. The number of fused-ring (bicyclic) bond motifs is 1. The lowest BCUT2D eigenvalue weighted by atomic mass is 9.90. The van der Waals surface area contributed by atoms with Crippen molar-refractivity contribution in [3.63, 3.8) is 0 Å². The lowest BCUT2D eigenvalue weighted by Crippen LogP contribution is -2.54. The van der Waals surface area contributed by atoms with Gasteiger partial charge in [0.25, 0.3) is 0 Å². The molecule has 1 aromatic carbocycles. The highest BCUT2D eigenvalue weighted by Crippen LogP contribution is 2.23. The molecule has 1 aliphatic heterocycles. The van der Waals surface area contributed by atoms with Crippen LogP contribution in [0, 0.1) is 0 Å². The number of benzene rings is 1. The van der Waals surface area contributed by atoms with Gasteiger partial charge in [0.1, 0.15) is 11.1 Å². The largest absolute Gasteiger partial charge is 0.381 e. The maximum atomic E-state index is 12.3. The number of aromatic nitrogens is 2. The van der Waals surface area contributed by atoms with Crippen LogP contribution in [0.2, 0.25) is 0 Å². The molecule has 1 aliphatic rings. The van der Waals surface area contributed by atoms with E-state index in [-0.39, 0.29) is 5.91 Å². The number of nitrogens with two attached hydrogens (primary N) is 1. The van der Waals surface area contributed by atoms with Crippen molar-refractivity contribution < 1.29 is 9.53 Å². The molecule has 1 amide bonds. The molecule has 2 aromatic rings. The molecule has 2 heterocycles. The molecule has 100 valence electrons. The molecule has 1 fully saturated rings. The van der Waals surface area contributed by atoms with E-state index >= 15 is 0 Å². The molecule has 0 radical (unpaired) electrons. The summed E-state index contributed by atoms with van der Waals surface area (Å²) in [5, 5.41) is 2.88. The number of anilines is 1. The molecule has 0 spiro atoms. The molecule has 19 heavy (non-hydrogen) atoms. The van der Waals surface area contributed by atoms with Gasteiger partial charge in [0.15, 0.2) is 0 Å². The molecule has 3 rings (SSSR count). The Hall–Kier alpha value is -1.92. The zero-order valence-corrected chi connectivity index (χ0v) is 10.5. The van der Waals surface area contributed by atoms with Crippen molar-refractivity contribution in [3.8, 4) is 0 Å². The van der Waals surface area contributed by atoms with Gasteiger partial charge in [-0.25, -0.2) is 4.98 Å². The van der Waals surface area contributed by atoms with Crippen molar-refractivity contribution in [2.45, 2.75) is 18.4 Å². The molecule has 0 unspecified atom stereocenters. The van der Waals surface area contributed by atoms with Crippen LogP contribution in [0.25, 0.3) is 11.0 Å². The second kappa shape index (κ2) is 4.64. The minimum absolute atomic E-state index is 0.175. The normalized spacial score (nSPS) is 18.4. The average Bonchev–Trinajstić information content (AvgIpc) is 2.89. The van der Waals surface area contributed by atoms with E-state index in [0.717, 1.165) is 11.0 Å². The number of rotatable bonds is 2. The number of para-hydroxylation sites is 1. The van der Waals surface area contributed by atoms with Gasteiger partial charge in [-0.05, 0) is 25.0 Å². The first-order chi connectivity index (χ1) is 9.19. The van der Waals surface area contributed by atoms with Gasteiger partial charge in [-0.2, -0.15) is 0 Å². The number of nitrogens with zero attached hydrogens (tertiary/aromatic N) is 1. The number of hydrogen-bond donors (Lipinski definition) is 3. The maximum Gasteiger partial charge on any atom is 0.244 e. The SMILES string of the molecule is NC1(C(=O)Nc2cccc3[nH]cnc23)CCOCC1. The van der Waals surface area contributed by atoms with E-state index in [1.807, 2.05) is 18.2 Å². The Morgan fingerprint density at radius 2 is 2.21 bits per heavy atom. The topological polar surface area (TPSA) is 93.0 Å². The molecule has 6 nitrogen and oxygen atoms in total. The predicted octanol–water partition coefficient (Wildman–Crippen LogP) is 1.01. The number of hydrogen-bond acceptors (Lipinski definition) is 4. The van der Waals surface area contributed by atoms with E-state index in [0.29, 0.717) is 31.7 Å². The number of nitrogens with one attached hydrogen (secondary N) is 2. The Labute approximate surface area is 110 Å². The highest BCUT2D eigenvalue weighted by Gasteiger charge is 2.36. The van der Waals surface area contributed by atoms with Gasteiger partial charge >= 0.3 is 0 Å². The van der Waals surface area contributed by atoms with Gasteiger partial charge in [0, 0.05) is 13.2 Å². The molecule has 0 bridgehead atoms. The summed E-state index contributed by atoms with van der Waals surface area (Å²) in [7, 11) is 0. The number of amides is 1. The summed E-state index contributed by atoms with van der Waals surface area (Å²) in [6.45, 7) is 1.05. The summed E-state index contributed by atoms with van der Waals surface area (Å²) in [6.07, 6.45) is 2.68. The molecule has 0 aliphatic carbocycles. The summed E-state index contributed by atoms with van der Waals surface area (Å²) in [4.78, 5) is 19.5. The van der Waals surface area contributed by atoms with Crippen molar-refractivity contribution in [1.82, 2.24) is 9.97 Å². The predicted molar refractivity (Wildman–Crippen MR) is 71.7 cm³/mol. The van der Waals surface area contributed by atoms with Crippen LogP contribution in [0.5, 0.6) is 0 Å². The molecule has 6 heteroatoms. The van der Waals surface area contributed by atoms with Gasteiger partial charge in [-0.3, -0.25) is 4.79 Å². The zero-order chi connectivity index (χ0) is 13.3. The van der Waals surface area contributed by atoms with Gasteiger partial charge in [0.05, 0.1) is 17.5 Å². The van der Waals surface area contributed by atoms with Crippen LogP contribution in [-0.4, -0.2) is 34.6 Å². The average molecular weight is 260 g/mol. The van der Waals surface area contributed by atoms with Crippen LogP contribution in [-0.2, 0) is 9.53 Å². The summed E-state index contributed by atoms with van der Waals surface area (Å²) < 4.78 is 5.25. The second-order valence-corrected chi connectivity index (χ2v) is 4.83. The fraction of sp³-hybridized carbons (Fsp3) is 0.385. The van der Waals surface area contributed by atoms with E-state index < -0.39 is 5.54 Å². The minimum Gasteiger partial charge on any atom is -0.381 e. The van der Waals surface area contributed by atoms with Gasteiger partial charge in [-0.15, -0.1) is 0 Å². The van der Waals surface area contributed by atoms with Crippen molar-refractivity contribution in [3.05, 3.63) is 24.5 Å². The highest BCUT2D eigenvalue weighted by molar-refractivity contribution is 6.03. The molecule has 1 aromatic heterocycles. The summed E-state index contributed by atoms with van der Waals surface area (Å²) in [5.41, 5.74) is 7.61. The van der Waals surface area contributed by atoms with Crippen molar-refractivity contribution >= 4 is 22.6 Å². The Balaban J connectivity index is 1.84. The van der Waals surface area contributed by atoms with Crippen molar-refractivity contribution in [2.24, 2.45) is 5.73 Å². The molecular weight excluding hydrogens is 244 g/mol. The number of carbonyl (C=O) groups is 1. The van der Waals surface area contributed by atoms with Crippen LogP contribution in [0.3, 0.4) is 0 Å². The Morgan fingerprint density at radius 3 is 3.00 bits per heavy atom. The number of imidazole rings is 1. The van der Waals surface area contributed by atoms with Crippen LogP contribution >= 0.6 is 0 Å². The first kappa shape index (κ1) is 12.1. The van der Waals surface area contributed by atoms with Crippen LogP contribution < -0.4 is 11.1 Å². The lowest BCUT2D eigenvalue weighted by Gasteiger charge is -2.31. The standard InChI is InChI=1S/C13H16N4O2/c14-13(4-6-19-7-5-13)12(18)17-10-3-1-2-9-11(10)16-8-15-9/h1-3,8H,4-7,14H2,(H,15,16)(H,17,18). The Kier molecular flexibility index (Phi) is 2.96. The van der Waals surface area contributed by atoms with Crippen molar-refractivity contribution in [2.75, 3.05) is 18.5 Å². The number of H-pyrrole nitrogens is 1. The lowest BCUT2D eigenvalue weighted by molar-refractivity contribution is -0.124. The van der Waals surface area contributed by atoms with Crippen LogP contribution in [0.15, 0.2) is 24.5 Å². The smallest absolute Gasteiger partial charge is 0.244 e. The third-order valence-electron chi connectivity index (χ3n) is 3.54. The van der Waals surface area contributed by atoms with Gasteiger partial charge in [0.2, 0.25) is 5.91 Å². The third kappa shape index (κ3) is 2.20. The van der Waals surface area contributed by atoms with Crippen molar-refractivity contribution in [1.29, 1.82) is 0 Å². The van der Waals surface area contributed by atoms with Gasteiger partial charge in [-0.1, -0.05) is 6.07 Å². The minimum atomic E-state index is -0.850. The first-order valence-corrected chi connectivity index (χ1v) is 6.29. The maximum absolute atomic E-state index is 12.3. The molecule has 0 atom stereocenters. The first-order valence-electron chi connectivity index (χ1n) is 6.29. The summed E-state index contributed by atoms with van der Waals surface area (Å²) in [5.74, 6) is -0.175. The Bertz CT molecular complexity index is 601. The van der Waals surface area contributed by atoms with Crippen LogP contribution in [0.4, 0.5) is 5.69 Å². The van der Waals surface area contributed by atoms with E-state index in [1.165, 1.54) is 0 Å². The summed E-state index contributed by atoms with van der Waals surface area (Å²) in [6, 6.07) is 5.59. The number of carbonyl (C=O) groups excluding carboxylic acids is 1. The second-order valence-electron chi connectivity index (χ2n) is 4.83. The zero-order valence-electron chi connectivity index (χ0n) is 10.5. The third-order valence-corrected chi connectivity index (χ3v) is 3.54. The quantitative estimate of drug-likeness (QED) is 0.751. The molecule has 1 saturated heterocycles. The monoisotopic (exact) mass is 260 g/mol. The van der Waals surface area contributed by atoms with E-state index in [1.54, 1.807) is 6.33 Å². The highest BCUT2D eigenvalue weighted by atomic mass is 16.5. The fourth-order valence-electron chi connectivity index (χ4n) is 2.28. The van der Waals surface area contributed by atoms with Gasteiger partial charge < -0.3 is 20.8 Å². The van der Waals surface area contributed by atoms with E-state index in [2.05, 4.69) is 15.3 Å². The molecule has 0 saturated carbocycles. The molecule has 4 N–H and O–H groups in total. The van der Waals surface area contributed by atoms with Crippen LogP contribution in [0.1, 0.15) is 12.8 Å². The molecular formula is C13H16N4O2. The number of aromatic amines is 1. The number of ether oxygens (including phenoxy) is 1. The summed E-state index contributed by atoms with van der Waals surface area (Å²) >= 11 is 0. The Morgan fingerprint density at radius 1 is 1.42 bits per heavy atom.